The molecule has 3 amide bonds. The van der Waals surface area contributed by atoms with E-state index in [0.29, 0.717) is 35.7 Å². The zero-order valence-corrected chi connectivity index (χ0v) is 15.2. The molecule has 2 rings (SSSR count). The maximum absolute atomic E-state index is 12.2. The second-order valence-electron chi connectivity index (χ2n) is 6.02. The summed E-state index contributed by atoms with van der Waals surface area (Å²) in [7, 11) is 0. The highest BCUT2D eigenvalue weighted by Crippen LogP contribution is 2.10. The van der Waals surface area contributed by atoms with E-state index in [1.807, 2.05) is 13.8 Å². The fourth-order valence-corrected chi connectivity index (χ4v) is 2.23. The predicted octanol–water partition coefficient (Wildman–Crippen LogP) is 2.33. The van der Waals surface area contributed by atoms with Gasteiger partial charge < -0.3 is 21.3 Å². The molecule has 0 spiro atoms. The number of amides is 3. The molecular weight excluding hydrogens is 344 g/mol. The molecule has 2 aromatic rings. The molecule has 0 atom stereocenters. The molecule has 0 aliphatic heterocycles. The van der Waals surface area contributed by atoms with E-state index in [1.54, 1.807) is 42.6 Å². The molecule has 27 heavy (non-hydrogen) atoms. The second kappa shape index (κ2) is 9.77. The summed E-state index contributed by atoms with van der Waals surface area (Å²) in [4.78, 5) is 27.9. The molecule has 0 saturated heterocycles. The summed E-state index contributed by atoms with van der Waals surface area (Å²) in [5.41, 5.74) is 1.54. The summed E-state index contributed by atoms with van der Waals surface area (Å²) < 4.78 is 0. The van der Waals surface area contributed by atoms with E-state index in [1.165, 1.54) is 0 Å². The number of aromatic nitrogens is 1. The number of carbonyl (C=O) groups is 2. The summed E-state index contributed by atoms with van der Waals surface area (Å²) in [6.07, 6.45) is 1.60. The van der Waals surface area contributed by atoms with Crippen molar-refractivity contribution in [2.75, 3.05) is 23.7 Å². The normalized spacial score (nSPS) is 10.0. The van der Waals surface area contributed by atoms with Gasteiger partial charge in [-0.2, -0.15) is 5.26 Å². The van der Waals surface area contributed by atoms with Crippen LogP contribution in [0.4, 0.5) is 16.3 Å². The van der Waals surface area contributed by atoms with Gasteiger partial charge >= 0.3 is 6.03 Å². The molecule has 8 nitrogen and oxygen atoms in total. The molecule has 0 aliphatic rings. The van der Waals surface area contributed by atoms with Gasteiger partial charge in [0.2, 0.25) is 0 Å². The number of nitrogens with one attached hydrogen (secondary N) is 4. The Hall–Kier alpha value is -3.60. The van der Waals surface area contributed by atoms with E-state index < -0.39 is 0 Å². The lowest BCUT2D eigenvalue weighted by molar-refractivity contribution is 0.0955. The van der Waals surface area contributed by atoms with Crippen molar-refractivity contribution < 1.29 is 9.59 Å². The van der Waals surface area contributed by atoms with Gasteiger partial charge in [0.25, 0.3) is 5.91 Å². The molecule has 8 heteroatoms. The fraction of sp³-hybridized carbons (Fsp3) is 0.263. The third-order valence-corrected chi connectivity index (χ3v) is 3.46. The van der Waals surface area contributed by atoms with Gasteiger partial charge in [-0.05, 0) is 50.2 Å². The van der Waals surface area contributed by atoms with Crippen molar-refractivity contribution in [1.29, 1.82) is 5.26 Å². The van der Waals surface area contributed by atoms with Crippen LogP contribution in [0, 0.1) is 11.3 Å². The summed E-state index contributed by atoms with van der Waals surface area (Å²) >= 11 is 0. The Balaban J connectivity index is 1.79. The Bertz CT molecular complexity index is 827. The zero-order valence-electron chi connectivity index (χ0n) is 15.2. The largest absolute Gasteiger partial charge is 0.367 e. The predicted molar refractivity (Wildman–Crippen MR) is 104 cm³/mol. The van der Waals surface area contributed by atoms with Crippen LogP contribution in [-0.2, 0) is 0 Å². The summed E-state index contributed by atoms with van der Waals surface area (Å²) in [6.45, 7) is 4.55. The maximum atomic E-state index is 12.2. The van der Waals surface area contributed by atoms with Crippen molar-refractivity contribution in [3.8, 4) is 6.07 Å². The van der Waals surface area contributed by atoms with Gasteiger partial charge in [0.1, 0.15) is 11.9 Å². The molecule has 0 fully saturated rings. The Morgan fingerprint density at radius 3 is 2.56 bits per heavy atom. The van der Waals surface area contributed by atoms with Crippen molar-refractivity contribution in [2.24, 2.45) is 0 Å². The average Bonchev–Trinajstić information content (AvgIpc) is 2.65. The molecule has 1 aromatic heterocycles. The highest BCUT2D eigenvalue weighted by molar-refractivity contribution is 5.95. The number of rotatable bonds is 7. The van der Waals surface area contributed by atoms with Gasteiger partial charge in [0.05, 0.1) is 5.56 Å². The lowest BCUT2D eigenvalue weighted by Crippen LogP contribution is -2.34. The number of benzene rings is 1. The van der Waals surface area contributed by atoms with Crippen LogP contribution in [-0.4, -0.2) is 36.1 Å². The van der Waals surface area contributed by atoms with Gasteiger partial charge in [0, 0.05) is 36.6 Å². The highest BCUT2D eigenvalue weighted by atomic mass is 16.2. The van der Waals surface area contributed by atoms with Crippen LogP contribution in [0.2, 0.25) is 0 Å². The number of carbonyl (C=O) groups excluding carboxylic acids is 2. The van der Waals surface area contributed by atoms with E-state index in [-0.39, 0.29) is 18.0 Å². The lowest BCUT2D eigenvalue weighted by Gasteiger charge is -2.11. The van der Waals surface area contributed by atoms with Crippen molar-refractivity contribution >= 4 is 23.4 Å². The van der Waals surface area contributed by atoms with E-state index in [0.717, 1.165) is 0 Å². The average molecular weight is 366 g/mol. The first-order valence-electron chi connectivity index (χ1n) is 8.54. The SMILES string of the molecule is CC(C)NC(=O)Nc1ccc(C(=O)NCCNc2ncccc2C#N)cc1. The molecule has 0 unspecified atom stereocenters. The highest BCUT2D eigenvalue weighted by Gasteiger charge is 2.07. The lowest BCUT2D eigenvalue weighted by atomic mass is 10.2. The van der Waals surface area contributed by atoms with Crippen molar-refractivity contribution in [2.45, 2.75) is 19.9 Å². The van der Waals surface area contributed by atoms with Crippen LogP contribution in [0.1, 0.15) is 29.8 Å². The van der Waals surface area contributed by atoms with Crippen molar-refractivity contribution in [1.82, 2.24) is 15.6 Å². The van der Waals surface area contributed by atoms with Gasteiger partial charge in [0.15, 0.2) is 0 Å². The van der Waals surface area contributed by atoms with Crippen LogP contribution >= 0.6 is 0 Å². The summed E-state index contributed by atoms with van der Waals surface area (Å²) in [5.74, 6) is 0.265. The monoisotopic (exact) mass is 366 g/mol. The van der Waals surface area contributed by atoms with Crippen LogP contribution in [0.3, 0.4) is 0 Å². The Kier molecular flexibility index (Phi) is 7.14. The maximum Gasteiger partial charge on any atom is 0.319 e. The fourth-order valence-electron chi connectivity index (χ4n) is 2.23. The number of urea groups is 1. The zero-order chi connectivity index (χ0) is 19.6. The molecule has 1 heterocycles. The second-order valence-corrected chi connectivity index (χ2v) is 6.02. The smallest absolute Gasteiger partial charge is 0.319 e. The molecule has 4 N–H and O–H groups in total. The van der Waals surface area contributed by atoms with Gasteiger partial charge in [-0.3, -0.25) is 4.79 Å². The third kappa shape index (κ3) is 6.32. The molecule has 0 radical (unpaired) electrons. The number of nitriles is 1. The van der Waals surface area contributed by atoms with Crippen LogP contribution in [0.15, 0.2) is 42.6 Å². The van der Waals surface area contributed by atoms with Gasteiger partial charge in [-0.15, -0.1) is 0 Å². The van der Waals surface area contributed by atoms with E-state index in [4.69, 9.17) is 5.26 Å². The van der Waals surface area contributed by atoms with Gasteiger partial charge in [-0.1, -0.05) is 0 Å². The standard InChI is InChI=1S/C19H22N6O2/c1-13(2)24-19(27)25-16-7-5-14(6-8-16)18(26)23-11-10-22-17-15(12-20)4-3-9-21-17/h3-9,13H,10-11H2,1-2H3,(H,21,22)(H,23,26)(H2,24,25,27). The minimum atomic E-state index is -0.292. The Labute approximate surface area is 158 Å². The molecular formula is C19H22N6O2. The van der Waals surface area contributed by atoms with Crippen molar-refractivity contribution in [3.05, 3.63) is 53.7 Å². The molecule has 1 aromatic carbocycles. The first-order valence-corrected chi connectivity index (χ1v) is 8.54. The number of hydrogen-bond acceptors (Lipinski definition) is 5. The van der Waals surface area contributed by atoms with Crippen LogP contribution < -0.4 is 21.3 Å². The minimum Gasteiger partial charge on any atom is -0.367 e. The van der Waals surface area contributed by atoms with Crippen molar-refractivity contribution in [3.63, 3.8) is 0 Å². The molecule has 0 aliphatic carbocycles. The number of hydrogen-bond donors (Lipinski definition) is 4. The third-order valence-electron chi connectivity index (χ3n) is 3.46. The summed E-state index contributed by atoms with van der Waals surface area (Å²) in [6, 6.07) is 11.8. The Morgan fingerprint density at radius 2 is 1.89 bits per heavy atom. The first-order chi connectivity index (χ1) is 13.0. The van der Waals surface area contributed by atoms with Gasteiger partial charge in [-0.25, -0.2) is 9.78 Å². The van der Waals surface area contributed by atoms with E-state index >= 15 is 0 Å². The van der Waals surface area contributed by atoms with Crippen LogP contribution in [0.5, 0.6) is 0 Å². The molecule has 0 saturated carbocycles. The first kappa shape index (κ1) is 19.7. The van der Waals surface area contributed by atoms with Crippen LogP contribution in [0.25, 0.3) is 0 Å². The quantitative estimate of drug-likeness (QED) is 0.561. The number of pyridine rings is 1. The molecule has 0 bridgehead atoms. The van der Waals surface area contributed by atoms with E-state index in [9.17, 15) is 9.59 Å². The molecule has 140 valence electrons. The number of nitrogens with zero attached hydrogens (tertiary/aromatic N) is 2. The van der Waals surface area contributed by atoms with E-state index in [2.05, 4.69) is 32.3 Å². The summed E-state index contributed by atoms with van der Waals surface area (Å²) in [5, 5.41) is 20.2. The topological polar surface area (TPSA) is 119 Å². The number of anilines is 2. The minimum absolute atomic E-state index is 0.0407. The Morgan fingerprint density at radius 1 is 1.15 bits per heavy atom.